The van der Waals surface area contributed by atoms with Crippen LogP contribution in [0.25, 0.3) is 22.2 Å². The van der Waals surface area contributed by atoms with Gasteiger partial charge in [-0.2, -0.15) is 0 Å². The Bertz CT molecular complexity index is 699. The molecule has 0 atom stereocenters. The summed E-state index contributed by atoms with van der Waals surface area (Å²) in [5.41, 5.74) is 2.79. The van der Waals surface area contributed by atoms with Crippen LogP contribution in [-0.4, -0.2) is 9.97 Å². The van der Waals surface area contributed by atoms with E-state index in [9.17, 15) is 0 Å². The first-order chi connectivity index (χ1) is 7.84. The molecule has 3 nitrogen and oxygen atoms in total. The lowest BCUT2D eigenvalue weighted by Gasteiger charge is -1.97. The van der Waals surface area contributed by atoms with Gasteiger partial charge in [0.1, 0.15) is 11.8 Å². The van der Waals surface area contributed by atoms with Crippen LogP contribution in [-0.2, 0) is 0 Å². The molecule has 1 aromatic carbocycles. The van der Waals surface area contributed by atoms with E-state index in [4.69, 9.17) is 16.6 Å². The fraction of sp³-hybridized carbons (Fsp3) is 0. The third-order valence-corrected chi connectivity index (χ3v) is 2.65. The number of H-pyrrole nitrogens is 1. The minimum absolute atomic E-state index is 0.475. The largest absolute Gasteiger partial charge is 0.464 e. The lowest BCUT2D eigenvalue weighted by molar-refractivity contribution is 0.617. The van der Waals surface area contributed by atoms with Crippen LogP contribution in [0.3, 0.4) is 0 Å². The SMILES string of the molecule is S=c1nccc(-c2coc3ccccc23)[nH]1. The molecule has 0 aliphatic heterocycles. The fourth-order valence-electron chi connectivity index (χ4n) is 1.71. The van der Waals surface area contributed by atoms with Crippen molar-refractivity contribution in [3.8, 4) is 11.3 Å². The highest BCUT2D eigenvalue weighted by atomic mass is 32.1. The van der Waals surface area contributed by atoms with Crippen molar-refractivity contribution in [2.75, 3.05) is 0 Å². The Labute approximate surface area is 96.8 Å². The van der Waals surface area contributed by atoms with E-state index in [1.807, 2.05) is 30.3 Å². The van der Waals surface area contributed by atoms with Crippen molar-refractivity contribution in [3.05, 3.63) is 47.6 Å². The zero-order chi connectivity index (χ0) is 11.0. The summed E-state index contributed by atoms with van der Waals surface area (Å²) in [4.78, 5) is 7.00. The topological polar surface area (TPSA) is 41.8 Å². The highest BCUT2D eigenvalue weighted by molar-refractivity contribution is 7.71. The van der Waals surface area contributed by atoms with Crippen LogP contribution >= 0.6 is 12.2 Å². The molecule has 1 N–H and O–H groups in total. The van der Waals surface area contributed by atoms with Gasteiger partial charge >= 0.3 is 0 Å². The molecule has 2 aromatic heterocycles. The van der Waals surface area contributed by atoms with Gasteiger partial charge in [-0.3, -0.25) is 0 Å². The Balaban J connectivity index is 2.30. The van der Waals surface area contributed by atoms with Crippen LogP contribution in [0.4, 0.5) is 0 Å². The van der Waals surface area contributed by atoms with Crippen LogP contribution in [0, 0.1) is 4.77 Å². The zero-order valence-corrected chi connectivity index (χ0v) is 9.12. The molecular formula is C12H8N2OS. The maximum atomic E-state index is 5.47. The van der Waals surface area contributed by atoms with Gasteiger partial charge in [-0.15, -0.1) is 0 Å². The monoisotopic (exact) mass is 228 g/mol. The third kappa shape index (κ3) is 1.44. The lowest BCUT2D eigenvalue weighted by Crippen LogP contribution is -1.84. The van der Waals surface area contributed by atoms with Crippen LogP contribution in [0.1, 0.15) is 0 Å². The molecule has 0 spiro atoms. The normalized spacial score (nSPS) is 10.8. The zero-order valence-electron chi connectivity index (χ0n) is 8.31. The van der Waals surface area contributed by atoms with Gasteiger partial charge in [0.15, 0.2) is 4.77 Å². The summed E-state index contributed by atoms with van der Waals surface area (Å²) >= 11 is 5.00. The van der Waals surface area contributed by atoms with Crippen LogP contribution in [0.5, 0.6) is 0 Å². The number of fused-ring (bicyclic) bond motifs is 1. The standard InChI is InChI=1S/C12H8N2OS/c16-12-13-6-5-10(14-12)9-7-15-11-4-2-1-3-8(9)11/h1-7H,(H,13,14,16). The quantitative estimate of drug-likeness (QED) is 0.647. The first-order valence-electron chi connectivity index (χ1n) is 4.86. The number of nitrogens with one attached hydrogen (secondary N) is 1. The van der Waals surface area contributed by atoms with Gasteiger partial charge in [-0.25, -0.2) is 4.98 Å². The third-order valence-electron chi connectivity index (χ3n) is 2.45. The number of aromatic nitrogens is 2. The molecule has 16 heavy (non-hydrogen) atoms. The van der Waals surface area contributed by atoms with Crippen LogP contribution in [0.15, 0.2) is 47.2 Å². The van der Waals surface area contributed by atoms with Crippen molar-refractivity contribution in [2.45, 2.75) is 0 Å². The highest BCUT2D eigenvalue weighted by Crippen LogP contribution is 2.28. The average Bonchev–Trinajstić information content (AvgIpc) is 2.72. The fourth-order valence-corrected chi connectivity index (χ4v) is 1.88. The van der Waals surface area contributed by atoms with Crippen molar-refractivity contribution in [3.63, 3.8) is 0 Å². The van der Waals surface area contributed by atoms with E-state index < -0.39 is 0 Å². The van der Waals surface area contributed by atoms with Crippen molar-refractivity contribution in [1.82, 2.24) is 9.97 Å². The number of para-hydroxylation sites is 1. The Kier molecular flexibility index (Phi) is 2.08. The molecule has 0 saturated heterocycles. The first kappa shape index (κ1) is 9.30. The number of nitrogens with zero attached hydrogens (tertiary/aromatic N) is 1. The number of aromatic amines is 1. The van der Waals surface area contributed by atoms with E-state index in [2.05, 4.69) is 9.97 Å². The Morgan fingerprint density at radius 3 is 2.94 bits per heavy atom. The van der Waals surface area contributed by atoms with Gasteiger partial charge in [0, 0.05) is 17.1 Å². The predicted octanol–water partition coefficient (Wildman–Crippen LogP) is 3.55. The second-order valence-corrected chi connectivity index (χ2v) is 3.82. The second-order valence-electron chi connectivity index (χ2n) is 3.43. The summed E-state index contributed by atoms with van der Waals surface area (Å²) in [6, 6.07) is 9.77. The van der Waals surface area contributed by atoms with E-state index in [1.165, 1.54) is 0 Å². The maximum absolute atomic E-state index is 5.47. The summed E-state index contributed by atoms with van der Waals surface area (Å²) in [6.07, 6.45) is 3.42. The molecule has 0 fully saturated rings. The summed E-state index contributed by atoms with van der Waals surface area (Å²) in [6.45, 7) is 0. The predicted molar refractivity (Wildman–Crippen MR) is 64.6 cm³/mol. The molecule has 0 unspecified atom stereocenters. The number of hydrogen-bond acceptors (Lipinski definition) is 3. The van der Waals surface area contributed by atoms with Gasteiger partial charge in [-0.05, 0) is 24.4 Å². The second kappa shape index (κ2) is 3.57. The van der Waals surface area contributed by atoms with E-state index in [0.717, 1.165) is 22.2 Å². The van der Waals surface area contributed by atoms with E-state index in [0.29, 0.717) is 4.77 Å². The van der Waals surface area contributed by atoms with Gasteiger partial charge in [0.2, 0.25) is 0 Å². The minimum atomic E-state index is 0.475. The molecule has 78 valence electrons. The first-order valence-corrected chi connectivity index (χ1v) is 5.27. The Morgan fingerprint density at radius 2 is 2.06 bits per heavy atom. The van der Waals surface area contributed by atoms with E-state index in [1.54, 1.807) is 12.5 Å². The van der Waals surface area contributed by atoms with Gasteiger partial charge in [0.05, 0.1) is 5.69 Å². The van der Waals surface area contributed by atoms with Gasteiger partial charge in [-0.1, -0.05) is 18.2 Å². The van der Waals surface area contributed by atoms with Crippen molar-refractivity contribution < 1.29 is 4.42 Å². The summed E-state index contributed by atoms with van der Waals surface area (Å²) in [5, 5.41) is 1.07. The number of benzene rings is 1. The molecule has 0 amide bonds. The van der Waals surface area contributed by atoms with Crippen molar-refractivity contribution >= 4 is 23.2 Å². The average molecular weight is 228 g/mol. The van der Waals surface area contributed by atoms with E-state index >= 15 is 0 Å². The lowest BCUT2D eigenvalue weighted by atomic mass is 10.1. The van der Waals surface area contributed by atoms with E-state index in [-0.39, 0.29) is 0 Å². The number of hydrogen-bond donors (Lipinski definition) is 1. The molecule has 0 aliphatic carbocycles. The molecule has 4 heteroatoms. The molecule has 3 rings (SSSR count). The Hall–Kier alpha value is -1.94. The van der Waals surface area contributed by atoms with Gasteiger partial charge in [0.25, 0.3) is 0 Å². The molecule has 0 aliphatic rings. The smallest absolute Gasteiger partial charge is 0.197 e. The molecule has 0 radical (unpaired) electrons. The summed E-state index contributed by atoms with van der Waals surface area (Å²) in [5.74, 6) is 0. The number of rotatable bonds is 1. The van der Waals surface area contributed by atoms with Crippen molar-refractivity contribution in [1.29, 1.82) is 0 Å². The molecule has 2 heterocycles. The molecule has 0 saturated carbocycles. The maximum Gasteiger partial charge on any atom is 0.197 e. The Morgan fingerprint density at radius 1 is 1.19 bits per heavy atom. The molecule has 0 bridgehead atoms. The highest BCUT2D eigenvalue weighted by Gasteiger charge is 2.07. The van der Waals surface area contributed by atoms with Crippen LogP contribution < -0.4 is 0 Å². The molecule has 3 aromatic rings. The molecular weight excluding hydrogens is 220 g/mol. The number of furan rings is 1. The summed E-state index contributed by atoms with van der Waals surface area (Å²) < 4.78 is 5.94. The van der Waals surface area contributed by atoms with Crippen LogP contribution in [0.2, 0.25) is 0 Å². The summed E-state index contributed by atoms with van der Waals surface area (Å²) in [7, 11) is 0. The minimum Gasteiger partial charge on any atom is -0.464 e. The van der Waals surface area contributed by atoms with Crippen molar-refractivity contribution in [2.24, 2.45) is 0 Å². The van der Waals surface area contributed by atoms with Gasteiger partial charge < -0.3 is 9.40 Å².